The molecule has 0 aromatic heterocycles. The van der Waals surface area contributed by atoms with Crippen LogP contribution in [0.3, 0.4) is 0 Å². The lowest BCUT2D eigenvalue weighted by Crippen LogP contribution is -2.26. The zero-order chi connectivity index (χ0) is 19.3. The highest BCUT2D eigenvalue weighted by molar-refractivity contribution is 9.10. The van der Waals surface area contributed by atoms with Crippen LogP contribution >= 0.6 is 15.9 Å². The van der Waals surface area contributed by atoms with Gasteiger partial charge in [0.25, 0.3) is 5.91 Å². The van der Waals surface area contributed by atoms with E-state index in [2.05, 4.69) is 20.7 Å². The van der Waals surface area contributed by atoms with E-state index in [0.717, 1.165) is 0 Å². The third-order valence-corrected chi connectivity index (χ3v) is 3.97. The van der Waals surface area contributed by atoms with Crippen molar-refractivity contribution in [2.45, 2.75) is 20.1 Å². The Labute approximate surface area is 158 Å². The summed E-state index contributed by atoms with van der Waals surface area (Å²) < 4.78 is 35.3. The lowest BCUT2D eigenvalue weighted by atomic mass is 10.1. The fourth-order valence-corrected chi connectivity index (χ4v) is 2.70. The van der Waals surface area contributed by atoms with Gasteiger partial charge in [-0.1, -0.05) is 22.0 Å². The molecule has 0 aliphatic heterocycles. The molecule has 140 valence electrons. The van der Waals surface area contributed by atoms with Crippen LogP contribution in [0.2, 0.25) is 0 Å². The van der Waals surface area contributed by atoms with E-state index in [1.807, 2.05) is 0 Å². The minimum Gasteiger partial charge on any atom is -0.507 e. The maximum atomic E-state index is 12.5. The molecule has 0 saturated heterocycles. The predicted molar refractivity (Wildman–Crippen MR) is 95.8 cm³/mol. The molecule has 0 saturated carbocycles. The molecule has 1 N–H and O–H groups in total. The molecule has 5 nitrogen and oxygen atoms in total. The molecule has 2 aromatic rings. The number of hydrogen-bond donors (Lipinski definition) is 1. The minimum atomic E-state index is -2.95. The average molecular weight is 430 g/mol. The van der Waals surface area contributed by atoms with Gasteiger partial charge in [0.05, 0.1) is 12.2 Å². The highest BCUT2D eigenvalue weighted by atomic mass is 79.9. The Morgan fingerprint density at radius 2 is 1.96 bits per heavy atom. The van der Waals surface area contributed by atoms with E-state index in [-0.39, 0.29) is 41.9 Å². The van der Waals surface area contributed by atoms with Gasteiger partial charge in [-0.25, -0.2) is 0 Å². The fourth-order valence-electron chi connectivity index (χ4n) is 2.35. The number of rotatable bonds is 7. The van der Waals surface area contributed by atoms with Crippen LogP contribution in [0.1, 0.15) is 22.8 Å². The van der Waals surface area contributed by atoms with E-state index in [4.69, 9.17) is 4.74 Å². The lowest BCUT2D eigenvalue weighted by Gasteiger charge is -2.19. The highest BCUT2D eigenvalue weighted by Crippen LogP contribution is 2.30. The Balaban J connectivity index is 2.18. The Bertz CT molecular complexity index is 786. The maximum absolute atomic E-state index is 12.5. The van der Waals surface area contributed by atoms with Crippen molar-refractivity contribution in [2.75, 3.05) is 13.7 Å². The summed E-state index contributed by atoms with van der Waals surface area (Å²) in [5.41, 5.74) is 0.834. The van der Waals surface area contributed by atoms with Crippen LogP contribution in [0.4, 0.5) is 8.78 Å². The van der Waals surface area contributed by atoms with Crippen molar-refractivity contribution < 1.29 is 28.2 Å². The largest absolute Gasteiger partial charge is 0.507 e. The van der Waals surface area contributed by atoms with Gasteiger partial charge in [-0.3, -0.25) is 4.79 Å². The van der Waals surface area contributed by atoms with Gasteiger partial charge in [0.1, 0.15) is 5.75 Å². The van der Waals surface area contributed by atoms with Crippen molar-refractivity contribution in [3.63, 3.8) is 0 Å². The summed E-state index contributed by atoms with van der Waals surface area (Å²) in [5, 5.41) is 9.93. The van der Waals surface area contributed by atoms with Gasteiger partial charge in [-0.15, -0.1) is 0 Å². The first kappa shape index (κ1) is 20.0. The standard InChI is InChI=1S/C18H18BrF2NO4/c1-3-25-16-8-11(4-7-15(16)26-18(20)21)10-22(2)17(24)13-6-5-12(19)9-14(13)23/h4-9,18,23H,3,10H2,1-2H3. The van der Waals surface area contributed by atoms with Crippen LogP contribution < -0.4 is 9.47 Å². The van der Waals surface area contributed by atoms with E-state index >= 15 is 0 Å². The number of halogens is 3. The molecule has 0 unspecified atom stereocenters. The summed E-state index contributed by atoms with van der Waals surface area (Å²) in [6.45, 7) is -0.747. The summed E-state index contributed by atoms with van der Waals surface area (Å²) >= 11 is 3.22. The van der Waals surface area contributed by atoms with Crippen molar-refractivity contribution in [3.8, 4) is 17.2 Å². The second-order valence-electron chi connectivity index (χ2n) is 5.42. The Morgan fingerprint density at radius 1 is 1.23 bits per heavy atom. The van der Waals surface area contributed by atoms with Gasteiger partial charge in [0, 0.05) is 18.1 Å². The zero-order valence-electron chi connectivity index (χ0n) is 14.2. The van der Waals surface area contributed by atoms with E-state index in [0.29, 0.717) is 10.0 Å². The van der Waals surface area contributed by atoms with Gasteiger partial charge in [0.15, 0.2) is 11.5 Å². The van der Waals surface area contributed by atoms with E-state index < -0.39 is 6.61 Å². The van der Waals surface area contributed by atoms with Crippen molar-refractivity contribution >= 4 is 21.8 Å². The summed E-state index contributed by atoms with van der Waals surface area (Å²) in [6.07, 6.45) is 0. The molecule has 2 aromatic carbocycles. The summed E-state index contributed by atoms with van der Waals surface area (Å²) in [6, 6.07) is 9.11. The van der Waals surface area contributed by atoms with Crippen LogP contribution in [0.15, 0.2) is 40.9 Å². The fraction of sp³-hybridized carbons (Fsp3) is 0.278. The van der Waals surface area contributed by atoms with Crippen LogP contribution in [-0.2, 0) is 6.54 Å². The molecule has 1 amide bonds. The van der Waals surface area contributed by atoms with Crippen LogP contribution in [-0.4, -0.2) is 36.2 Å². The van der Waals surface area contributed by atoms with Gasteiger partial charge < -0.3 is 19.5 Å². The molecule has 0 aliphatic rings. The SMILES string of the molecule is CCOc1cc(CN(C)C(=O)c2ccc(Br)cc2O)ccc1OC(F)F. The first-order valence-corrected chi connectivity index (χ1v) is 8.55. The molecule has 26 heavy (non-hydrogen) atoms. The molecule has 0 fully saturated rings. The number of benzene rings is 2. The van der Waals surface area contributed by atoms with Crippen LogP contribution in [0.25, 0.3) is 0 Å². The molecule has 0 bridgehead atoms. The number of carbonyl (C=O) groups excluding carboxylic acids is 1. The zero-order valence-corrected chi connectivity index (χ0v) is 15.8. The molecule has 0 atom stereocenters. The van der Waals surface area contributed by atoms with Crippen molar-refractivity contribution in [3.05, 3.63) is 52.0 Å². The number of ether oxygens (including phenoxy) is 2. The van der Waals surface area contributed by atoms with Gasteiger partial charge in [0.2, 0.25) is 0 Å². The first-order valence-electron chi connectivity index (χ1n) is 7.76. The molecule has 0 heterocycles. The van der Waals surface area contributed by atoms with Gasteiger partial charge in [-0.05, 0) is 42.8 Å². The number of nitrogens with zero attached hydrogens (tertiary/aromatic N) is 1. The van der Waals surface area contributed by atoms with Crippen LogP contribution in [0.5, 0.6) is 17.2 Å². The molecular formula is C18H18BrF2NO4. The van der Waals surface area contributed by atoms with Crippen molar-refractivity contribution in [1.29, 1.82) is 0 Å². The summed E-state index contributed by atoms with van der Waals surface area (Å²) in [4.78, 5) is 13.9. The second kappa shape index (κ2) is 8.84. The van der Waals surface area contributed by atoms with Gasteiger partial charge >= 0.3 is 6.61 Å². The number of carbonyl (C=O) groups is 1. The number of phenolic OH excluding ortho intramolecular Hbond substituents is 1. The first-order chi connectivity index (χ1) is 12.3. The van der Waals surface area contributed by atoms with Crippen molar-refractivity contribution in [1.82, 2.24) is 4.90 Å². The quantitative estimate of drug-likeness (QED) is 0.707. The number of aromatic hydroxyl groups is 1. The molecule has 0 radical (unpaired) electrons. The van der Waals surface area contributed by atoms with Gasteiger partial charge in [-0.2, -0.15) is 8.78 Å². The monoisotopic (exact) mass is 429 g/mol. The van der Waals surface area contributed by atoms with E-state index in [9.17, 15) is 18.7 Å². The molecule has 8 heteroatoms. The number of phenols is 1. The molecule has 0 aliphatic carbocycles. The van der Waals surface area contributed by atoms with Crippen LogP contribution in [0, 0.1) is 0 Å². The van der Waals surface area contributed by atoms with Crippen molar-refractivity contribution in [2.24, 2.45) is 0 Å². The third kappa shape index (κ3) is 5.08. The average Bonchev–Trinajstić information content (AvgIpc) is 2.56. The molecule has 0 spiro atoms. The number of amides is 1. The van der Waals surface area contributed by atoms with E-state index in [1.54, 1.807) is 32.2 Å². The second-order valence-corrected chi connectivity index (χ2v) is 6.33. The maximum Gasteiger partial charge on any atom is 0.387 e. The Hall–Kier alpha value is -2.35. The highest BCUT2D eigenvalue weighted by Gasteiger charge is 2.18. The Kier molecular flexibility index (Phi) is 6.79. The Morgan fingerprint density at radius 3 is 2.58 bits per heavy atom. The number of alkyl halides is 2. The molecule has 2 rings (SSSR count). The molecular weight excluding hydrogens is 412 g/mol. The van der Waals surface area contributed by atoms with E-state index in [1.165, 1.54) is 23.1 Å². The predicted octanol–water partition coefficient (Wildman–Crippen LogP) is 4.43. The minimum absolute atomic E-state index is 0.0647. The normalized spacial score (nSPS) is 10.7. The summed E-state index contributed by atoms with van der Waals surface area (Å²) in [7, 11) is 1.58. The topological polar surface area (TPSA) is 59.0 Å². The smallest absolute Gasteiger partial charge is 0.387 e. The lowest BCUT2D eigenvalue weighted by molar-refractivity contribution is -0.0514. The summed E-state index contributed by atoms with van der Waals surface area (Å²) in [5.74, 6) is -0.393. The third-order valence-electron chi connectivity index (χ3n) is 3.48. The number of hydrogen-bond acceptors (Lipinski definition) is 4.